The number of methoxy groups -OCH3 is 1. The van der Waals surface area contributed by atoms with E-state index in [0.29, 0.717) is 22.3 Å². The molecule has 0 unspecified atom stereocenters. The predicted octanol–water partition coefficient (Wildman–Crippen LogP) is 3.82. The SMILES string of the molecule is COc1ccc(-c2cc(Cl)nc(C3CC3)n2)cc1F. The summed E-state index contributed by atoms with van der Waals surface area (Å²) in [5.41, 5.74) is 1.31. The van der Waals surface area contributed by atoms with Crippen LogP contribution in [-0.2, 0) is 0 Å². The highest BCUT2D eigenvalue weighted by molar-refractivity contribution is 6.29. The van der Waals surface area contributed by atoms with Gasteiger partial charge in [0.1, 0.15) is 11.0 Å². The lowest BCUT2D eigenvalue weighted by Crippen LogP contribution is -1.96. The molecule has 1 aromatic heterocycles. The van der Waals surface area contributed by atoms with Crippen molar-refractivity contribution in [3.8, 4) is 17.0 Å². The van der Waals surface area contributed by atoms with Crippen LogP contribution in [-0.4, -0.2) is 17.1 Å². The molecule has 0 spiro atoms. The van der Waals surface area contributed by atoms with Crippen molar-refractivity contribution in [1.82, 2.24) is 9.97 Å². The van der Waals surface area contributed by atoms with Gasteiger partial charge in [0.25, 0.3) is 0 Å². The van der Waals surface area contributed by atoms with E-state index in [1.54, 1.807) is 18.2 Å². The first kappa shape index (κ1) is 12.4. The van der Waals surface area contributed by atoms with E-state index in [4.69, 9.17) is 16.3 Å². The summed E-state index contributed by atoms with van der Waals surface area (Å²) in [6, 6.07) is 6.39. The fourth-order valence-electron chi connectivity index (χ4n) is 1.93. The van der Waals surface area contributed by atoms with Crippen LogP contribution < -0.4 is 4.74 Å². The molecule has 98 valence electrons. The third kappa shape index (κ3) is 2.54. The molecule has 3 rings (SSSR count). The van der Waals surface area contributed by atoms with Gasteiger partial charge in [-0.2, -0.15) is 0 Å². The smallest absolute Gasteiger partial charge is 0.165 e. The number of aromatic nitrogens is 2. The van der Waals surface area contributed by atoms with Crippen molar-refractivity contribution in [3.05, 3.63) is 41.1 Å². The number of halogens is 2. The first-order valence-corrected chi connectivity index (χ1v) is 6.43. The van der Waals surface area contributed by atoms with Crippen molar-refractivity contribution in [2.24, 2.45) is 0 Å². The molecular formula is C14H12ClFN2O. The zero-order valence-electron chi connectivity index (χ0n) is 10.4. The molecule has 1 aromatic carbocycles. The highest BCUT2D eigenvalue weighted by Gasteiger charge is 2.27. The third-order valence-electron chi connectivity index (χ3n) is 3.10. The monoisotopic (exact) mass is 278 g/mol. The number of ether oxygens (including phenoxy) is 1. The number of nitrogens with zero attached hydrogens (tertiary/aromatic N) is 2. The molecule has 0 amide bonds. The average Bonchev–Trinajstić information content (AvgIpc) is 3.22. The lowest BCUT2D eigenvalue weighted by atomic mass is 10.1. The zero-order chi connectivity index (χ0) is 13.4. The standard InChI is InChI=1S/C14H12ClFN2O/c1-19-12-5-4-9(6-10(12)16)11-7-13(15)18-14(17-11)8-2-3-8/h4-8H,2-3H2,1H3. The average molecular weight is 279 g/mol. The Morgan fingerprint density at radius 2 is 2.05 bits per heavy atom. The molecule has 1 fully saturated rings. The van der Waals surface area contributed by atoms with Gasteiger partial charge in [-0.1, -0.05) is 11.6 Å². The van der Waals surface area contributed by atoms with Gasteiger partial charge in [0, 0.05) is 17.5 Å². The Labute approximate surface area is 115 Å². The molecule has 1 aliphatic carbocycles. The summed E-state index contributed by atoms with van der Waals surface area (Å²) >= 11 is 6.00. The maximum atomic E-state index is 13.7. The van der Waals surface area contributed by atoms with Crippen LogP contribution in [0.2, 0.25) is 5.15 Å². The fraction of sp³-hybridized carbons (Fsp3) is 0.286. The molecule has 0 bridgehead atoms. The molecule has 0 atom stereocenters. The third-order valence-corrected chi connectivity index (χ3v) is 3.30. The van der Waals surface area contributed by atoms with Crippen LogP contribution in [0.5, 0.6) is 5.75 Å². The second-order valence-electron chi connectivity index (χ2n) is 4.56. The minimum Gasteiger partial charge on any atom is -0.494 e. The van der Waals surface area contributed by atoms with Gasteiger partial charge in [0.15, 0.2) is 11.6 Å². The van der Waals surface area contributed by atoms with E-state index in [0.717, 1.165) is 18.7 Å². The van der Waals surface area contributed by atoms with Gasteiger partial charge < -0.3 is 4.74 Å². The van der Waals surface area contributed by atoms with E-state index in [1.807, 2.05) is 0 Å². The number of hydrogen-bond donors (Lipinski definition) is 0. The van der Waals surface area contributed by atoms with Crippen molar-refractivity contribution in [3.63, 3.8) is 0 Å². The van der Waals surface area contributed by atoms with Crippen LogP contribution in [0, 0.1) is 5.82 Å². The van der Waals surface area contributed by atoms with E-state index in [9.17, 15) is 4.39 Å². The quantitative estimate of drug-likeness (QED) is 0.801. The Bertz CT molecular complexity index is 629. The first-order chi connectivity index (χ1) is 9.17. The minimum atomic E-state index is -0.414. The molecule has 0 aliphatic heterocycles. The normalized spacial score (nSPS) is 14.5. The Kier molecular flexibility index (Phi) is 3.11. The maximum Gasteiger partial charge on any atom is 0.165 e. The van der Waals surface area contributed by atoms with Crippen molar-refractivity contribution in [2.75, 3.05) is 7.11 Å². The molecule has 5 heteroatoms. The summed E-state index contributed by atoms with van der Waals surface area (Å²) in [4.78, 5) is 8.67. The molecule has 1 aliphatic rings. The Balaban J connectivity index is 2.03. The molecule has 0 radical (unpaired) electrons. The van der Waals surface area contributed by atoms with Crippen molar-refractivity contribution >= 4 is 11.6 Å². The number of hydrogen-bond acceptors (Lipinski definition) is 3. The van der Waals surface area contributed by atoms with Crippen molar-refractivity contribution in [2.45, 2.75) is 18.8 Å². The lowest BCUT2D eigenvalue weighted by molar-refractivity contribution is 0.386. The summed E-state index contributed by atoms with van der Waals surface area (Å²) in [5.74, 6) is 0.952. The first-order valence-electron chi connectivity index (χ1n) is 6.06. The van der Waals surface area contributed by atoms with Gasteiger partial charge in [0.05, 0.1) is 12.8 Å². The number of rotatable bonds is 3. The molecule has 1 saturated carbocycles. The van der Waals surface area contributed by atoms with Crippen LogP contribution in [0.4, 0.5) is 4.39 Å². The highest BCUT2D eigenvalue weighted by atomic mass is 35.5. The molecular weight excluding hydrogens is 267 g/mol. The second-order valence-corrected chi connectivity index (χ2v) is 4.94. The van der Waals surface area contributed by atoms with E-state index in [1.165, 1.54) is 13.2 Å². The van der Waals surface area contributed by atoms with E-state index >= 15 is 0 Å². The van der Waals surface area contributed by atoms with Crippen LogP contribution in [0.25, 0.3) is 11.3 Å². The van der Waals surface area contributed by atoms with Gasteiger partial charge in [-0.25, -0.2) is 14.4 Å². The van der Waals surface area contributed by atoms with Gasteiger partial charge in [0.2, 0.25) is 0 Å². The van der Waals surface area contributed by atoms with Gasteiger partial charge in [-0.3, -0.25) is 0 Å². The van der Waals surface area contributed by atoms with Crippen LogP contribution in [0.3, 0.4) is 0 Å². The second kappa shape index (κ2) is 4.78. The topological polar surface area (TPSA) is 35.0 Å². The van der Waals surface area contributed by atoms with E-state index < -0.39 is 5.82 Å². The molecule has 1 heterocycles. The van der Waals surface area contributed by atoms with Crippen molar-refractivity contribution in [1.29, 1.82) is 0 Å². The van der Waals surface area contributed by atoms with E-state index in [-0.39, 0.29) is 5.75 Å². The predicted molar refractivity (Wildman–Crippen MR) is 71.0 cm³/mol. The van der Waals surface area contributed by atoms with Crippen LogP contribution in [0.1, 0.15) is 24.6 Å². The molecule has 0 N–H and O–H groups in total. The molecule has 0 saturated heterocycles. The van der Waals surface area contributed by atoms with Gasteiger partial charge in [-0.15, -0.1) is 0 Å². The number of benzene rings is 1. The summed E-state index contributed by atoms with van der Waals surface area (Å²) < 4.78 is 18.6. The fourth-order valence-corrected chi connectivity index (χ4v) is 2.12. The van der Waals surface area contributed by atoms with Crippen LogP contribution >= 0.6 is 11.6 Å². The summed E-state index contributed by atoms with van der Waals surface area (Å²) in [6.07, 6.45) is 2.19. The van der Waals surface area contributed by atoms with Crippen molar-refractivity contribution < 1.29 is 9.13 Å². The highest BCUT2D eigenvalue weighted by Crippen LogP contribution is 2.39. The minimum absolute atomic E-state index is 0.214. The van der Waals surface area contributed by atoms with Crippen LogP contribution in [0.15, 0.2) is 24.3 Å². The van der Waals surface area contributed by atoms with E-state index in [2.05, 4.69) is 9.97 Å². The largest absolute Gasteiger partial charge is 0.494 e. The summed E-state index contributed by atoms with van der Waals surface area (Å²) in [5, 5.41) is 0.392. The van der Waals surface area contributed by atoms with Gasteiger partial charge >= 0.3 is 0 Å². The molecule has 19 heavy (non-hydrogen) atoms. The van der Waals surface area contributed by atoms with Gasteiger partial charge in [-0.05, 0) is 31.0 Å². The molecule has 2 aromatic rings. The zero-order valence-corrected chi connectivity index (χ0v) is 11.1. The Morgan fingerprint density at radius 1 is 1.26 bits per heavy atom. The lowest BCUT2D eigenvalue weighted by Gasteiger charge is -2.07. The molecule has 3 nitrogen and oxygen atoms in total. The summed E-state index contributed by atoms with van der Waals surface area (Å²) in [7, 11) is 1.44. The Morgan fingerprint density at radius 3 is 2.68 bits per heavy atom. The summed E-state index contributed by atoms with van der Waals surface area (Å²) in [6.45, 7) is 0. The maximum absolute atomic E-state index is 13.7. The Hall–Kier alpha value is -1.68.